The number of para-hydroxylation sites is 1. The van der Waals surface area contributed by atoms with Gasteiger partial charge in [-0.3, -0.25) is 4.90 Å². The van der Waals surface area contributed by atoms with Gasteiger partial charge in [-0.2, -0.15) is 18.3 Å². The van der Waals surface area contributed by atoms with Gasteiger partial charge in [0, 0.05) is 35.8 Å². The molecular formula is C25H29F3N4O4. The van der Waals surface area contributed by atoms with Crippen molar-refractivity contribution in [2.45, 2.75) is 50.2 Å². The molecule has 0 amide bonds. The molecule has 0 bridgehead atoms. The van der Waals surface area contributed by atoms with Crippen LogP contribution in [0.5, 0.6) is 11.5 Å². The van der Waals surface area contributed by atoms with Gasteiger partial charge in [-0.15, -0.1) is 0 Å². The maximum atomic E-state index is 10.6. The molecule has 36 heavy (non-hydrogen) atoms. The van der Waals surface area contributed by atoms with Crippen molar-refractivity contribution < 1.29 is 32.5 Å². The quantitative estimate of drug-likeness (QED) is 0.533. The summed E-state index contributed by atoms with van der Waals surface area (Å²) >= 11 is 0. The van der Waals surface area contributed by atoms with E-state index < -0.39 is 12.1 Å². The number of carboxylic acid groups (broad SMARTS) is 1. The molecule has 0 radical (unpaired) electrons. The molecule has 1 aliphatic heterocycles. The molecule has 1 N–H and O–H groups in total. The highest BCUT2D eigenvalue weighted by Gasteiger charge is 2.38. The van der Waals surface area contributed by atoms with E-state index in [0.717, 1.165) is 46.7 Å². The minimum absolute atomic E-state index is 0.430. The second-order valence-corrected chi connectivity index (χ2v) is 8.95. The summed E-state index contributed by atoms with van der Waals surface area (Å²) in [6, 6.07) is 10.8. The number of ether oxygens (including phenoxy) is 2. The van der Waals surface area contributed by atoms with Crippen LogP contribution in [-0.4, -0.2) is 70.1 Å². The van der Waals surface area contributed by atoms with E-state index in [4.69, 9.17) is 29.5 Å². The Labute approximate surface area is 206 Å². The number of hydrogen-bond donors (Lipinski definition) is 1. The Morgan fingerprint density at radius 1 is 1.08 bits per heavy atom. The van der Waals surface area contributed by atoms with Crippen LogP contribution in [0.25, 0.3) is 16.8 Å². The molecule has 1 saturated heterocycles. The van der Waals surface area contributed by atoms with Crippen molar-refractivity contribution in [2.24, 2.45) is 0 Å². The number of likely N-dealkylation sites (tertiary alicyclic amines) is 1. The van der Waals surface area contributed by atoms with E-state index in [1.54, 1.807) is 14.2 Å². The van der Waals surface area contributed by atoms with Gasteiger partial charge in [-0.1, -0.05) is 18.6 Å². The maximum absolute atomic E-state index is 10.6. The number of aliphatic carboxylic acids is 1. The Hall–Kier alpha value is -3.34. The van der Waals surface area contributed by atoms with Crippen molar-refractivity contribution in [3.63, 3.8) is 0 Å². The van der Waals surface area contributed by atoms with Gasteiger partial charge in [0.2, 0.25) is 0 Å². The van der Waals surface area contributed by atoms with Gasteiger partial charge >= 0.3 is 12.1 Å². The van der Waals surface area contributed by atoms with Crippen LogP contribution in [0.3, 0.4) is 0 Å². The molecule has 2 aliphatic rings. The molecule has 0 spiro atoms. The lowest BCUT2D eigenvalue weighted by Crippen LogP contribution is -2.45. The van der Waals surface area contributed by atoms with Crippen molar-refractivity contribution in [2.75, 3.05) is 27.3 Å². The van der Waals surface area contributed by atoms with Gasteiger partial charge in [0.25, 0.3) is 0 Å². The Morgan fingerprint density at radius 3 is 2.44 bits per heavy atom. The number of carboxylic acids is 1. The molecule has 3 aromatic rings. The number of methoxy groups -OCH3 is 2. The number of hydrogen-bond acceptors (Lipinski definition) is 6. The van der Waals surface area contributed by atoms with Gasteiger partial charge < -0.3 is 14.6 Å². The maximum Gasteiger partial charge on any atom is 0.490 e. The average Bonchev–Trinajstić information content (AvgIpc) is 3.26. The van der Waals surface area contributed by atoms with E-state index in [-0.39, 0.29) is 0 Å². The van der Waals surface area contributed by atoms with Crippen LogP contribution in [0.1, 0.15) is 43.8 Å². The molecule has 5 rings (SSSR count). The minimum Gasteiger partial charge on any atom is -0.493 e. The first-order chi connectivity index (χ1) is 17.2. The van der Waals surface area contributed by atoms with Crippen molar-refractivity contribution in [3.05, 3.63) is 42.4 Å². The molecule has 1 aliphatic carbocycles. The second-order valence-electron chi connectivity index (χ2n) is 8.95. The standard InChI is InChI=1S/C23H28N4O2.C2HF3O2/c1-28-20-10-4-9-19(22(20)29-2)16-11-12-21-24-23(25-27(21)15-16)17-6-5-13-26(14-17)18-7-3-8-18;3-2(4,5)1(6)7/h4,9-12,15,17-18H,3,5-8,13-14H2,1-2H3;(H,6,7). The smallest absolute Gasteiger partial charge is 0.490 e. The second kappa shape index (κ2) is 10.7. The topological polar surface area (TPSA) is 89.2 Å². The number of benzene rings is 1. The summed E-state index contributed by atoms with van der Waals surface area (Å²) in [5, 5.41) is 12.0. The van der Waals surface area contributed by atoms with Crippen molar-refractivity contribution in [1.29, 1.82) is 0 Å². The lowest BCUT2D eigenvalue weighted by molar-refractivity contribution is -0.192. The number of aromatic nitrogens is 3. The Balaban J connectivity index is 0.000000384. The first-order valence-corrected chi connectivity index (χ1v) is 11.8. The minimum atomic E-state index is -5.08. The van der Waals surface area contributed by atoms with E-state index in [2.05, 4.69) is 11.0 Å². The highest BCUT2D eigenvalue weighted by molar-refractivity contribution is 5.74. The Bertz CT molecular complexity index is 1210. The highest BCUT2D eigenvalue weighted by Crippen LogP contribution is 2.38. The number of nitrogens with zero attached hydrogens (tertiary/aromatic N) is 4. The molecule has 8 nitrogen and oxygen atoms in total. The fraction of sp³-hybridized carbons (Fsp3) is 0.480. The van der Waals surface area contributed by atoms with Crippen LogP contribution in [0.15, 0.2) is 36.5 Å². The fourth-order valence-corrected chi connectivity index (χ4v) is 4.65. The zero-order chi connectivity index (χ0) is 25.9. The van der Waals surface area contributed by atoms with Gasteiger partial charge in [-0.25, -0.2) is 14.3 Å². The number of rotatable bonds is 5. The van der Waals surface area contributed by atoms with E-state index in [1.165, 1.54) is 38.6 Å². The van der Waals surface area contributed by atoms with Crippen LogP contribution in [-0.2, 0) is 4.79 Å². The lowest BCUT2D eigenvalue weighted by Gasteiger charge is -2.41. The van der Waals surface area contributed by atoms with Crippen LogP contribution in [0, 0.1) is 0 Å². The summed E-state index contributed by atoms with van der Waals surface area (Å²) in [7, 11) is 3.33. The van der Waals surface area contributed by atoms with E-state index >= 15 is 0 Å². The number of carbonyl (C=O) groups is 1. The predicted octanol–water partition coefficient (Wildman–Crippen LogP) is 4.78. The third-order valence-corrected chi connectivity index (χ3v) is 6.71. The summed E-state index contributed by atoms with van der Waals surface area (Å²) in [6.45, 7) is 2.33. The normalized spacial score (nSPS) is 18.8. The molecule has 11 heteroatoms. The number of fused-ring (bicyclic) bond motifs is 1. The fourth-order valence-electron chi connectivity index (χ4n) is 4.65. The zero-order valence-electron chi connectivity index (χ0n) is 20.2. The predicted molar refractivity (Wildman–Crippen MR) is 126 cm³/mol. The number of piperidine rings is 1. The molecule has 194 valence electrons. The van der Waals surface area contributed by atoms with Crippen molar-refractivity contribution in [3.8, 4) is 22.6 Å². The SMILES string of the molecule is COc1cccc(-c2ccc3nc(C4CCCN(C5CCC5)C4)nn3c2)c1OC.O=C(O)C(F)(F)F. The van der Waals surface area contributed by atoms with E-state index in [9.17, 15) is 13.2 Å². The summed E-state index contributed by atoms with van der Waals surface area (Å²) in [4.78, 5) is 16.4. The summed E-state index contributed by atoms with van der Waals surface area (Å²) in [6.07, 6.45) is 3.47. The molecule has 1 atom stereocenters. The molecule has 1 unspecified atom stereocenters. The van der Waals surface area contributed by atoms with E-state index in [1.807, 2.05) is 35.0 Å². The summed E-state index contributed by atoms with van der Waals surface area (Å²) in [5.41, 5.74) is 2.91. The summed E-state index contributed by atoms with van der Waals surface area (Å²) < 4.78 is 44.7. The first-order valence-electron chi connectivity index (χ1n) is 11.8. The first kappa shape index (κ1) is 25.7. The van der Waals surface area contributed by atoms with Crippen molar-refractivity contribution >= 4 is 11.6 Å². The van der Waals surface area contributed by atoms with Gasteiger partial charge in [0.15, 0.2) is 23.0 Å². The Morgan fingerprint density at radius 2 is 1.83 bits per heavy atom. The summed E-state index contributed by atoms with van der Waals surface area (Å²) in [5.74, 6) is 0.108. The van der Waals surface area contributed by atoms with Gasteiger partial charge in [0.05, 0.1) is 14.2 Å². The largest absolute Gasteiger partial charge is 0.493 e. The van der Waals surface area contributed by atoms with Crippen LogP contribution >= 0.6 is 0 Å². The van der Waals surface area contributed by atoms with Gasteiger partial charge in [-0.05, 0) is 50.4 Å². The number of alkyl halides is 3. The molecule has 2 aromatic heterocycles. The number of halogens is 3. The highest BCUT2D eigenvalue weighted by atomic mass is 19.4. The van der Waals surface area contributed by atoms with Crippen LogP contribution in [0.4, 0.5) is 13.2 Å². The zero-order valence-corrected chi connectivity index (χ0v) is 20.2. The Kier molecular flexibility index (Phi) is 7.67. The molecule has 1 aromatic carbocycles. The monoisotopic (exact) mass is 506 g/mol. The molecule has 1 saturated carbocycles. The van der Waals surface area contributed by atoms with Crippen LogP contribution < -0.4 is 9.47 Å². The molecule has 2 fully saturated rings. The lowest BCUT2D eigenvalue weighted by atomic mass is 9.87. The molecular weight excluding hydrogens is 477 g/mol. The van der Waals surface area contributed by atoms with Crippen LogP contribution in [0.2, 0.25) is 0 Å². The number of pyridine rings is 1. The molecule has 3 heterocycles. The third-order valence-electron chi connectivity index (χ3n) is 6.71. The average molecular weight is 507 g/mol. The third kappa shape index (κ3) is 5.56. The van der Waals surface area contributed by atoms with E-state index in [0.29, 0.717) is 5.92 Å². The van der Waals surface area contributed by atoms with Crippen molar-refractivity contribution in [1.82, 2.24) is 19.5 Å². The van der Waals surface area contributed by atoms with Gasteiger partial charge in [0.1, 0.15) is 0 Å².